The van der Waals surface area contributed by atoms with Crippen LogP contribution in [0.5, 0.6) is 0 Å². The van der Waals surface area contributed by atoms with Crippen molar-refractivity contribution >= 4 is 0 Å². The number of hydrogen-bond donors (Lipinski definition) is 1. The van der Waals surface area contributed by atoms with Crippen molar-refractivity contribution in [2.75, 3.05) is 6.61 Å². The first kappa shape index (κ1) is 10.5. The van der Waals surface area contributed by atoms with Gasteiger partial charge in [0.1, 0.15) is 0 Å². The first-order valence-electron chi connectivity index (χ1n) is 3.92. The van der Waals surface area contributed by atoms with Crippen LogP contribution < -0.4 is 0 Å². The molecule has 0 aromatic heterocycles. The molecule has 0 aliphatic heterocycles. The fourth-order valence-corrected chi connectivity index (χ4v) is 0.663. The highest BCUT2D eigenvalue weighted by Gasteiger charge is 2.17. The summed E-state index contributed by atoms with van der Waals surface area (Å²) in [4.78, 5) is 0. The molecule has 0 aliphatic rings. The fourth-order valence-electron chi connectivity index (χ4n) is 0.663. The van der Waals surface area contributed by atoms with Gasteiger partial charge in [-0.15, -0.1) is 5.73 Å². The van der Waals surface area contributed by atoms with Gasteiger partial charge in [0.15, 0.2) is 0 Å². The lowest BCUT2D eigenvalue weighted by Gasteiger charge is -2.20. The first-order valence-corrected chi connectivity index (χ1v) is 3.92. The van der Waals surface area contributed by atoms with E-state index in [-0.39, 0.29) is 12.0 Å². The van der Waals surface area contributed by atoms with E-state index in [1.54, 1.807) is 0 Å². The average molecular weight is 154 g/mol. The van der Waals surface area contributed by atoms with Crippen molar-refractivity contribution in [1.29, 1.82) is 0 Å². The standard InChI is InChI=1S/C10H18O/c1-8(2)6-9(3)10(4,5)7-11/h11H,7H2,1-5H3. The van der Waals surface area contributed by atoms with Crippen molar-refractivity contribution in [3.63, 3.8) is 0 Å². The second kappa shape index (κ2) is 3.75. The summed E-state index contributed by atoms with van der Waals surface area (Å²) in [5, 5.41) is 9.01. The van der Waals surface area contributed by atoms with Crippen molar-refractivity contribution in [1.82, 2.24) is 0 Å². The van der Waals surface area contributed by atoms with Crippen LogP contribution in [-0.4, -0.2) is 11.7 Å². The zero-order valence-corrected chi connectivity index (χ0v) is 8.15. The molecule has 0 rings (SSSR count). The maximum Gasteiger partial charge on any atom is 0.0525 e. The van der Waals surface area contributed by atoms with Gasteiger partial charge in [-0.25, -0.2) is 0 Å². The molecule has 0 saturated carbocycles. The second-order valence-corrected chi connectivity index (χ2v) is 3.79. The van der Waals surface area contributed by atoms with Gasteiger partial charge in [-0.05, 0) is 31.9 Å². The molecule has 1 N–H and O–H groups in total. The summed E-state index contributed by atoms with van der Waals surface area (Å²) in [6, 6.07) is 0. The van der Waals surface area contributed by atoms with Crippen LogP contribution in [0.4, 0.5) is 0 Å². The summed E-state index contributed by atoms with van der Waals surface area (Å²) in [5.41, 5.74) is 5.35. The van der Waals surface area contributed by atoms with Gasteiger partial charge in [0.25, 0.3) is 0 Å². The van der Waals surface area contributed by atoms with E-state index in [1.807, 2.05) is 34.6 Å². The molecule has 0 aliphatic carbocycles. The zero-order valence-electron chi connectivity index (χ0n) is 8.15. The molecule has 0 unspecified atom stereocenters. The van der Waals surface area contributed by atoms with Crippen LogP contribution in [-0.2, 0) is 0 Å². The molecular formula is C10H18O. The van der Waals surface area contributed by atoms with Crippen molar-refractivity contribution in [2.24, 2.45) is 5.41 Å². The third kappa shape index (κ3) is 3.41. The summed E-state index contributed by atoms with van der Waals surface area (Å²) in [7, 11) is 0. The van der Waals surface area contributed by atoms with E-state index in [0.717, 1.165) is 11.1 Å². The Morgan fingerprint density at radius 3 is 2.00 bits per heavy atom. The SMILES string of the molecule is CC(C)=C=C(C)C(C)(C)CO. The highest BCUT2D eigenvalue weighted by atomic mass is 16.3. The molecule has 0 aromatic carbocycles. The first-order chi connectivity index (χ1) is 4.90. The van der Waals surface area contributed by atoms with E-state index >= 15 is 0 Å². The summed E-state index contributed by atoms with van der Waals surface area (Å²) >= 11 is 0. The van der Waals surface area contributed by atoms with Crippen LogP contribution in [0.2, 0.25) is 0 Å². The molecule has 0 amide bonds. The van der Waals surface area contributed by atoms with Gasteiger partial charge in [-0.2, -0.15) is 0 Å². The van der Waals surface area contributed by atoms with E-state index in [4.69, 9.17) is 5.11 Å². The number of hydrogen-bond acceptors (Lipinski definition) is 1. The molecule has 1 nitrogen and oxygen atoms in total. The van der Waals surface area contributed by atoms with Gasteiger partial charge in [-0.3, -0.25) is 0 Å². The second-order valence-electron chi connectivity index (χ2n) is 3.79. The van der Waals surface area contributed by atoms with E-state index in [0.29, 0.717) is 0 Å². The Labute approximate surface area is 69.4 Å². The molecule has 0 radical (unpaired) electrons. The van der Waals surface area contributed by atoms with E-state index in [9.17, 15) is 0 Å². The van der Waals surface area contributed by atoms with Gasteiger partial charge < -0.3 is 5.11 Å². The lowest BCUT2D eigenvalue weighted by Crippen LogP contribution is -2.17. The molecular weight excluding hydrogens is 136 g/mol. The molecule has 1 heteroatoms. The van der Waals surface area contributed by atoms with E-state index < -0.39 is 0 Å². The highest BCUT2D eigenvalue weighted by Crippen LogP contribution is 2.23. The van der Waals surface area contributed by atoms with Gasteiger partial charge in [0.2, 0.25) is 0 Å². The topological polar surface area (TPSA) is 20.2 Å². The largest absolute Gasteiger partial charge is 0.395 e. The smallest absolute Gasteiger partial charge is 0.0525 e. The van der Waals surface area contributed by atoms with E-state index in [2.05, 4.69) is 5.73 Å². The Balaban J connectivity index is 4.75. The molecule has 0 saturated heterocycles. The lowest BCUT2D eigenvalue weighted by molar-refractivity contribution is 0.190. The molecule has 0 spiro atoms. The van der Waals surface area contributed by atoms with Gasteiger partial charge in [0.05, 0.1) is 6.61 Å². The predicted molar refractivity (Wildman–Crippen MR) is 48.4 cm³/mol. The Bertz CT molecular complexity index is 189. The Morgan fingerprint density at radius 2 is 1.73 bits per heavy atom. The molecule has 11 heavy (non-hydrogen) atoms. The summed E-state index contributed by atoms with van der Waals surface area (Å²) < 4.78 is 0. The zero-order chi connectivity index (χ0) is 9.07. The minimum Gasteiger partial charge on any atom is -0.395 e. The van der Waals surface area contributed by atoms with Crippen LogP contribution in [0, 0.1) is 5.41 Å². The van der Waals surface area contributed by atoms with E-state index in [1.165, 1.54) is 0 Å². The Morgan fingerprint density at radius 1 is 1.27 bits per heavy atom. The fraction of sp³-hybridized carbons (Fsp3) is 0.700. The highest BCUT2D eigenvalue weighted by molar-refractivity contribution is 5.11. The van der Waals surface area contributed by atoms with Gasteiger partial charge in [-0.1, -0.05) is 13.8 Å². The molecule has 0 aromatic rings. The monoisotopic (exact) mass is 154 g/mol. The van der Waals surface area contributed by atoms with Gasteiger partial charge >= 0.3 is 0 Å². The summed E-state index contributed by atoms with van der Waals surface area (Å²) in [6.07, 6.45) is 0. The normalized spacial score (nSPS) is 10.7. The molecule has 0 bridgehead atoms. The number of rotatable bonds is 2. The van der Waals surface area contributed by atoms with Crippen LogP contribution >= 0.6 is 0 Å². The summed E-state index contributed by atoms with van der Waals surface area (Å²) in [5.74, 6) is 0. The van der Waals surface area contributed by atoms with Crippen molar-refractivity contribution in [3.05, 3.63) is 16.9 Å². The predicted octanol–water partition coefficient (Wildman–Crippen LogP) is 2.52. The van der Waals surface area contributed by atoms with Crippen LogP contribution in [0.3, 0.4) is 0 Å². The van der Waals surface area contributed by atoms with Crippen LogP contribution in [0.25, 0.3) is 0 Å². The summed E-state index contributed by atoms with van der Waals surface area (Å²) in [6.45, 7) is 10.2. The maximum absolute atomic E-state index is 9.01. The Kier molecular flexibility index (Phi) is 3.57. The molecule has 0 fully saturated rings. The maximum atomic E-state index is 9.01. The van der Waals surface area contributed by atoms with Gasteiger partial charge in [0, 0.05) is 5.41 Å². The van der Waals surface area contributed by atoms with Crippen LogP contribution in [0.15, 0.2) is 16.9 Å². The quantitative estimate of drug-likeness (QED) is 0.606. The third-order valence-electron chi connectivity index (χ3n) is 1.85. The third-order valence-corrected chi connectivity index (χ3v) is 1.85. The van der Waals surface area contributed by atoms with Crippen LogP contribution in [0.1, 0.15) is 34.6 Å². The molecule has 0 atom stereocenters. The average Bonchev–Trinajstić information content (AvgIpc) is 1.86. The number of aliphatic hydroxyl groups is 1. The molecule has 0 heterocycles. The Hall–Kier alpha value is -0.520. The minimum atomic E-state index is -0.128. The molecule has 64 valence electrons. The van der Waals surface area contributed by atoms with Crippen molar-refractivity contribution < 1.29 is 5.11 Å². The number of aliphatic hydroxyl groups excluding tert-OH is 1. The van der Waals surface area contributed by atoms with Crippen molar-refractivity contribution in [3.8, 4) is 0 Å². The minimum absolute atomic E-state index is 0.128. The lowest BCUT2D eigenvalue weighted by atomic mass is 9.86. The van der Waals surface area contributed by atoms with Crippen molar-refractivity contribution in [2.45, 2.75) is 34.6 Å².